The largest absolute Gasteiger partial charge is 0.496 e. The molecule has 0 amide bonds. The van der Waals surface area contributed by atoms with Crippen molar-refractivity contribution in [1.82, 2.24) is 14.6 Å². The molecule has 0 bridgehead atoms. The van der Waals surface area contributed by atoms with Crippen LogP contribution in [-0.4, -0.2) is 21.7 Å². The van der Waals surface area contributed by atoms with Crippen LogP contribution in [0.1, 0.15) is 0 Å². The molecule has 0 N–H and O–H groups in total. The van der Waals surface area contributed by atoms with Gasteiger partial charge in [-0.05, 0) is 53.4 Å². The first-order valence-corrected chi connectivity index (χ1v) is 11.4. The number of furan rings is 1. The van der Waals surface area contributed by atoms with Crippen molar-refractivity contribution in [2.45, 2.75) is 0 Å². The summed E-state index contributed by atoms with van der Waals surface area (Å²) in [5.41, 5.74) is 8.53. The maximum absolute atomic E-state index is 5.67. The van der Waals surface area contributed by atoms with Crippen LogP contribution in [0.15, 0.2) is 101 Å². The number of thiophene rings is 1. The molecule has 0 unspecified atom stereocenters. The van der Waals surface area contributed by atoms with Gasteiger partial charge in [0.2, 0.25) is 0 Å². The van der Waals surface area contributed by atoms with E-state index >= 15 is 0 Å². The smallest absolute Gasteiger partial charge is 0.155 e. The van der Waals surface area contributed by atoms with Crippen LogP contribution in [0, 0.1) is 0 Å². The Kier molecular flexibility index (Phi) is 4.78. The number of para-hydroxylation sites is 1. The van der Waals surface area contributed by atoms with Crippen molar-refractivity contribution in [3.63, 3.8) is 0 Å². The van der Waals surface area contributed by atoms with Crippen molar-refractivity contribution in [1.29, 1.82) is 0 Å². The van der Waals surface area contributed by atoms with Crippen LogP contribution < -0.4 is 4.74 Å². The minimum absolute atomic E-state index is 0.770. The van der Waals surface area contributed by atoms with E-state index in [2.05, 4.69) is 35.0 Å². The molecule has 0 saturated heterocycles. The Morgan fingerprint density at radius 3 is 2.61 bits per heavy atom. The van der Waals surface area contributed by atoms with Gasteiger partial charge in [0.25, 0.3) is 0 Å². The van der Waals surface area contributed by atoms with E-state index in [1.807, 2.05) is 53.0 Å². The highest BCUT2D eigenvalue weighted by atomic mass is 32.1. The van der Waals surface area contributed by atoms with Crippen LogP contribution in [0.5, 0.6) is 5.75 Å². The first-order valence-electron chi connectivity index (χ1n) is 10.5. The lowest BCUT2D eigenvalue weighted by atomic mass is 10.0. The van der Waals surface area contributed by atoms with E-state index < -0.39 is 0 Å². The Bertz CT molecular complexity index is 1550. The van der Waals surface area contributed by atoms with Crippen LogP contribution >= 0.6 is 11.3 Å². The van der Waals surface area contributed by atoms with Crippen LogP contribution in [-0.2, 0) is 0 Å². The second kappa shape index (κ2) is 8.07. The van der Waals surface area contributed by atoms with Crippen LogP contribution in [0.2, 0.25) is 0 Å². The molecule has 0 atom stereocenters. The number of methoxy groups -OCH3 is 1. The van der Waals surface area contributed by atoms with E-state index in [0.29, 0.717) is 0 Å². The van der Waals surface area contributed by atoms with Crippen molar-refractivity contribution in [2.24, 2.45) is 0 Å². The normalized spacial score (nSPS) is 11.2. The summed E-state index contributed by atoms with van der Waals surface area (Å²) in [6.45, 7) is 0. The van der Waals surface area contributed by atoms with E-state index in [1.165, 1.54) is 0 Å². The molecule has 0 spiro atoms. The fraction of sp³-hybridized carbons (Fsp3) is 0.0370. The summed E-state index contributed by atoms with van der Waals surface area (Å²) < 4.78 is 12.9. The standard InChI is InChI=1S/C27H19N3O2S/c1-31-24-8-3-2-7-22(24)26-27(19-6-4-5-18(15-19)20-11-13-32-16-20)30-25(28-26)10-9-23(29-30)21-12-14-33-17-21/h2-17H,1H3. The zero-order valence-corrected chi connectivity index (χ0v) is 18.6. The molecule has 6 heteroatoms. The maximum atomic E-state index is 5.67. The highest BCUT2D eigenvalue weighted by Gasteiger charge is 2.20. The third kappa shape index (κ3) is 3.41. The van der Waals surface area contributed by atoms with Gasteiger partial charge < -0.3 is 9.15 Å². The fourth-order valence-electron chi connectivity index (χ4n) is 4.06. The molecule has 0 aliphatic carbocycles. The van der Waals surface area contributed by atoms with Gasteiger partial charge in [-0.25, -0.2) is 9.50 Å². The molecule has 160 valence electrons. The topological polar surface area (TPSA) is 52.6 Å². The lowest BCUT2D eigenvalue weighted by Gasteiger charge is -2.10. The molecule has 4 heterocycles. The summed E-state index contributed by atoms with van der Waals surface area (Å²) in [4.78, 5) is 4.99. The van der Waals surface area contributed by atoms with E-state index in [9.17, 15) is 0 Å². The van der Waals surface area contributed by atoms with Gasteiger partial charge in [0.15, 0.2) is 5.65 Å². The Morgan fingerprint density at radius 2 is 1.79 bits per heavy atom. The SMILES string of the molecule is COc1ccccc1-c1nc2ccc(-c3ccsc3)nn2c1-c1cccc(-c2ccoc2)c1. The molecule has 2 aromatic carbocycles. The lowest BCUT2D eigenvalue weighted by Crippen LogP contribution is -1.97. The van der Waals surface area contributed by atoms with Gasteiger partial charge in [-0.3, -0.25) is 0 Å². The molecule has 6 aromatic rings. The predicted octanol–water partition coefficient (Wildman–Crippen LogP) is 7.06. The molecule has 0 saturated carbocycles. The van der Waals surface area contributed by atoms with Crippen molar-refractivity contribution in [3.05, 3.63) is 96.1 Å². The van der Waals surface area contributed by atoms with Gasteiger partial charge in [0.05, 0.1) is 25.3 Å². The van der Waals surface area contributed by atoms with Gasteiger partial charge in [-0.2, -0.15) is 16.4 Å². The second-order valence-corrected chi connectivity index (χ2v) is 8.38. The Labute approximate surface area is 194 Å². The van der Waals surface area contributed by atoms with Crippen LogP contribution in [0.3, 0.4) is 0 Å². The minimum atomic E-state index is 0.770. The number of fused-ring (bicyclic) bond motifs is 1. The van der Waals surface area contributed by atoms with Crippen molar-refractivity contribution < 1.29 is 9.15 Å². The average Bonchev–Trinajstić information content (AvgIpc) is 3.64. The summed E-state index contributed by atoms with van der Waals surface area (Å²) in [7, 11) is 1.68. The van der Waals surface area contributed by atoms with Gasteiger partial charge in [-0.1, -0.05) is 30.3 Å². The van der Waals surface area contributed by atoms with Gasteiger partial charge in [-0.15, -0.1) is 0 Å². The molecule has 33 heavy (non-hydrogen) atoms. The molecule has 4 aromatic heterocycles. The Balaban J connectivity index is 1.64. The quantitative estimate of drug-likeness (QED) is 0.283. The second-order valence-electron chi connectivity index (χ2n) is 7.60. The zero-order valence-electron chi connectivity index (χ0n) is 17.8. The fourth-order valence-corrected chi connectivity index (χ4v) is 4.71. The molecule has 6 rings (SSSR count). The summed E-state index contributed by atoms with van der Waals surface area (Å²) in [6.07, 6.45) is 3.44. The van der Waals surface area contributed by atoms with Crippen molar-refractivity contribution >= 4 is 17.0 Å². The number of nitrogens with zero attached hydrogens (tertiary/aromatic N) is 3. The minimum Gasteiger partial charge on any atom is -0.496 e. The zero-order chi connectivity index (χ0) is 22.2. The third-order valence-corrected chi connectivity index (χ3v) is 6.33. The summed E-state index contributed by atoms with van der Waals surface area (Å²) in [5, 5.41) is 9.15. The molecular weight excluding hydrogens is 430 g/mol. The van der Waals surface area contributed by atoms with E-state index in [1.54, 1.807) is 31.0 Å². The summed E-state index contributed by atoms with van der Waals surface area (Å²) in [6, 6.07) is 24.4. The van der Waals surface area contributed by atoms with E-state index in [-0.39, 0.29) is 0 Å². The van der Waals surface area contributed by atoms with Crippen molar-refractivity contribution in [2.75, 3.05) is 7.11 Å². The first kappa shape index (κ1) is 19.5. The van der Waals surface area contributed by atoms with Crippen molar-refractivity contribution in [3.8, 4) is 50.6 Å². The lowest BCUT2D eigenvalue weighted by molar-refractivity contribution is 0.416. The number of imidazole rings is 1. The molecular formula is C27H19N3O2S. The number of ether oxygens (including phenoxy) is 1. The van der Waals surface area contributed by atoms with E-state index in [4.69, 9.17) is 19.2 Å². The summed E-state index contributed by atoms with van der Waals surface area (Å²) >= 11 is 1.66. The highest BCUT2D eigenvalue weighted by Crippen LogP contribution is 2.38. The molecule has 5 nitrogen and oxygen atoms in total. The molecule has 0 fully saturated rings. The number of hydrogen-bond donors (Lipinski definition) is 0. The van der Waals surface area contributed by atoms with Gasteiger partial charge in [0.1, 0.15) is 17.1 Å². The highest BCUT2D eigenvalue weighted by molar-refractivity contribution is 7.08. The number of aromatic nitrogens is 3. The van der Waals surface area contributed by atoms with Crippen LogP contribution in [0.25, 0.3) is 50.5 Å². The molecule has 0 radical (unpaired) electrons. The number of rotatable bonds is 5. The van der Waals surface area contributed by atoms with Crippen LogP contribution in [0.4, 0.5) is 0 Å². The predicted molar refractivity (Wildman–Crippen MR) is 131 cm³/mol. The molecule has 0 aliphatic heterocycles. The van der Waals surface area contributed by atoms with E-state index in [0.717, 1.165) is 56.3 Å². The third-order valence-electron chi connectivity index (χ3n) is 5.65. The van der Waals surface area contributed by atoms with Gasteiger partial charge >= 0.3 is 0 Å². The Hall–Kier alpha value is -4.16. The monoisotopic (exact) mass is 449 g/mol. The molecule has 0 aliphatic rings. The Morgan fingerprint density at radius 1 is 0.879 bits per heavy atom. The van der Waals surface area contributed by atoms with Gasteiger partial charge in [0, 0.05) is 27.6 Å². The average molecular weight is 450 g/mol. The number of hydrogen-bond acceptors (Lipinski definition) is 5. The first-order chi connectivity index (χ1) is 16.3. The summed E-state index contributed by atoms with van der Waals surface area (Å²) in [5.74, 6) is 0.770. The maximum Gasteiger partial charge on any atom is 0.155 e. The number of benzene rings is 2.